The maximum atomic E-state index is 12.1. The Morgan fingerprint density at radius 1 is 1.12 bits per heavy atom. The van der Waals surface area contributed by atoms with Crippen LogP contribution in [0.4, 0.5) is 0 Å². The van der Waals surface area contributed by atoms with E-state index in [0.29, 0.717) is 5.56 Å². The van der Waals surface area contributed by atoms with Crippen molar-refractivity contribution in [1.82, 2.24) is 4.72 Å². The van der Waals surface area contributed by atoms with E-state index in [1.807, 2.05) is 20.8 Å². The highest BCUT2D eigenvalue weighted by Gasteiger charge is 2.16. The number of sulfonamides is 1. The zero-order valence-corrected chi connectivity index (χ0v) is 16.5. The third kappa shape index (κ3) is 5.48. The topological polar surface area (TPSA) is 89.5 Å². The van der Waals surface area contributed by atoms with Gasteiger partial charge >= 0.3 is 5.97 Å². The number of aryl methyl sites for hydroxylation is 3. The zero-order valence-electron chi connectivity index (χ0n) is 14.9. The molecule has 0 fully saturated rings. The summed E-state index contributed by atoms with van der Waals surface area (Å²) in [4.78, 5) is 25.8. The van der Waals surface area contributed by atoms with Crippen molar-refractivity contribution in [1.29, 1.82) is 0 Å². The highest BCUT2D eigenvalue weighted by Crippen LogP contribution is 2.21. The van der Waals surface area contributed by atoms with Gasteiger partial charge in [-0.05, 0) is 39.0 Å². The van der Waals surface area contributed by atoms with E-state index in [-0.39, 0.29) is 30.3 Å². The Morgan fingerprint density at radius 3 is 2.35 bits per heavy atom. The molecular formula is C18H21NO5S2. The van der Waals surface area contributed by atoms with Crippen LogP contribution < -0.4 is 4.72 Å². The number of benzene rings is 1. The Kier molecular flexibility index (Phi) is 6.69. The number of esters is 1. The molecule has 0 spiro atoms. The fraction of sp³-hybridized carbons (Fsp3) is 0.333. The third-order valence-corrected chi connectivity index (χ3v) is 6.10. The average Bonchev–Trinajstić information content (AvgIpc) is 2.91. The van der Waals surface area contributed by atoms with Gasteiger partial charge in [0.1, 0.15) is 0 Å². The number of hydrogen-bond acceptors (Lipinski definition) is 6. The summed E-state index contributed by atoms with van der Waals surface area (Å²) in [6, 6.07) is 8.16. The predicted octanol–water partition coefficient (Wildman–Crippen LogP) is 2.77. The van der Waals surface area contributed by atoms with E-state index in [9.17, 15) is 18.0 Å². The van der Waals surface area contributed by atoms with Crippen LogP contribution in [0.5, 0.6) is 0 Å². The van der Waals surface area contributed by atoms with Gasteiger partial charge in [-0.2, -0.15) is 0 Å². The van der Waals surface area contributed by atoms with Crippen LogP contribution in [0.2, 0.25) is 0 Å². The molecule has 8 heteroatoms. The number of Topliss-reactive ketones (excluding diaryl/α,β-unsaturated/α-hetero) is 1. The average molecular weight is 396 g/mol. The Labute approximate surface area is 157 Å². The van der Waals surface area contributed by atoms with Crippen LogP contribution in [0.25, 0.3) is 0 Å². The first-order chi connectivity index (χ1) is 12.2. The number of ether oxygens (including phenoxy) is 1. The van der Waals surface area contributed by atoms with Crippen molar-refractivity contribution >= 4 is 33.1 Å². The van der Waals surface area contributed by atoms with Crippen molar-refractivity contribution < 1.29 is 22.7 Å². The number of rotatable bonds is 8. The number of carbonyl (C=O) groups excluding carboxylic acids is 2. The van der Waals surface area contributed by atoms with Crippen LogP contribution in [0, 0.1) is 20.8 Å². The van der Waals surface area contributed by atoms with Crippen molar-refractivity contribution in [2.75, 3.05) is 13.2 Å². The molecule has 1 aromatic heterocycles. The van der Waals surface area contributed by atoms with E-state index in [1.54, 1.807) is 18.2 Å². The minimum atomic E-state index is -3.67. The molecule has 0 saturated carbocycles. The molecule has 6 nitrogen and oxygen atoms in total. The van der Waals surface area contributed by atoms with E-state index in [0.717, 1.165) is 15.3 Å². The summed E-state index contributed by atoms with van der Waals surface area (Å²) in [5, 5.41) is 0. The van der Waals surface area contributed by atoms with Gasteiger partial charge < -0.3 is 4.74 Å². The minimum absolute atomic E-state index is 0.0974. The lowest BCUT2D eigenvalue weighted by atomic mass is 10.2. The summed E-state index contributed by atoms with van der Waals surface area (Å²) in [7, 11) is -3.67. The fourth-order valence-corrected chi connectivity index (χ4v) is 4.27. The molecule has 1 aromatic carbocycles. The minimum Gasteiger partial charge on any atom is -0.457 e. The van der Waals surface area contributed by atoms with Crippen LogP contribution >= 0.6 is 11.3 Å². The highest BCUT2D eigenvalue weighted by atomic mass is 32.2. The Hall–Kier alpha value is -2.03. The second kappa shape index (κ2) is 8.57. The van der Waals surface area contributed by atoms with Crippen LogP contribution in [0.15, 0.2) is 35.2 Å². The number of carbonyl (C=O) groups is 2. The lowest BCUT2D eigenvalue weighted by molar-refractivity contribution is -0.142. The van der Waals surface area contributed by atoms with Crippen molar-refractivity contribution in [3.8, 4) is 0 Å². The summed E-state index contributed by atoms with van der Waals surface area (Å²) in [6.45, 7) is 5.16. The van der Waals surface area contributed by atoms with Gasteiger partial charge in [0, 0.05) is 21.9 Å². The molecule has 2 aromatic rings. The summed E-state index contributed by atoms with van der Waals surface area (Å²) in [5.74, 6) is -0.894. The van der Waals surface area contributed by atoms with E-state index in [2.05, 4.69) is 4.72 Å². The van der Waals surface area contributed by atoms with Crippen LogP contribution in [-0.4, -0.2) is 33.3 Å². The molecule has 0 radical (unpaired) electrons. The molecule has 0 aliphatic carbocycles. The zero-order chi connectivity index (χ0) is 19.3. The molecule has 0 bridgehead atoms. The number of hydrogen-bond donors (Lipinski definition) is 1. The Balaban J connectivity index is 1.79. The second-order valence-electron chi connectivity index (χ2n) is 5.87. The predicted molar refractivity (Wildman–Crippen MR) is 100 cm³/mol. The third-order valence-electron chi connectivity index (χ3n) is 3.66. The number of ketones is 1. The van der Waals surface area contributed by atoms with Crippen LogP contribution in [0.3, 0.4) is 0 Å². The van der Waals surface area contributed by atoms with Gasteiger partial charge in [-0.25, -0.2) is 13.1 Å². The SMILES string of the molecule is Cc1ccc(S(=O)(=O)NCCC(=O)OCC(=O)c2cc(C)sc2C)cc1. The summed E-state index contributed by atoms with van der Waals surface area (Å²) >= 11 is 1.51. The monoisotopic (exact) mass is 395 g/mol. The maximum Gasteiger partial charge on any atom is 0.307 e. The van der Waals surface area contributed by atoms with E-state index >= 15 is 0 Å². The molecule has 2 rings (SSSR count). The van der Waals surface area contributed by atoms with Gasteiger partial charge in [0.25, 0.3) is 0 Å². The Bertz CT molecular complexity index is 898. The van der Waals surface area contributed by atoms with E-state index < -0.39 is 16.0 Å². The largest absolute Gasteiger partial charge is 0.457 e. The first kappa shape index (κ1) is 20.3. The lowest BCUT2D eigenvalue weighted by Crippen LogP contribution is -2.27. The van der Waals surface area contributed by atoms with Gasteiger partial charge in [0.2, 0.25) is 15.8 Å². The molecule has 0 unspecified atom stereocenters. The summed E-state index contributed by atoms with van der Waals surface area (Å²) < 4.78 is 31.5. The number of nitrogens with one attached hydrogen (secondary N) is 1. The van der Waals surface area contributed by atoms with Crippen molar-refractivity contribution in [3.05, 3.63) is 51.2 Å². The normalized spacial score (nSPS) is 11.3. The quantitative estimate of drug-likeness (QED) is 0.548. The van der Waals surface area contributed by atoms with Crippen molar-refractivity contribution in [2.24, 2.45) is 0 Å². The van der Waals surface area contributed by atoms with Crippen LogP contribution in [0.1, 0.15) is 32.1 Å². The summed E-state index contributed by atoms with van der Waals surface area (Å²) in [5.41, 5.74) is 1.51. The fourth-order valence-electron chi connectivity index (χ4n) is 2.29. The molecule has 26 heavy (non-hydrogen) atoms. The molecule has 1 heterocycles. The highest BCUT2D eigenvalue weighted by molar-refractivity contribution is 7.89. The molecule has 1 N–H and O–H groups in total. The summed E-state index contributed by atoms with van der Waals surface area (Å²) in [6.07, 6.45) is -0.153. The lowest BCUT2D eigenvalue weighted by Gasteiger charge is -2.07. The Morgan fingerprint density at radius 2 is 1.77 bits per heavy atom. The van der Waals surface area contributed by atoms with Crippen molar-refractivity contribution in [3.63, 3.8) is 0 Å². The van der Waals surface area contributed by atoms with Gasteiger partial charge in [-0.1, -0.05) is 17.7 Å². The second-order valence-corrected chi connectivity index (χ2v) is 9.10. The van der Waals surface area contributed by atoms with E-state index in [1.165, 1.54) is 23.5 Å². The molecule has 0 aliphatic rings. The standard InChI is InChI=1S/C18H21NO5S2/c1-12-4-6-15(7-5-12)26(22,23)19-9-8-18(21)24-11-17(20)16-10-13(2)25-14(16)3/h4-7,10,19H,8-9,11H2,1-3H3. The molecule has 0 atom stereocenters. The molecule has 0 amide bonds. The smallest absolute Gasteiger partial charge is 0.307 e. The molecule has 0 saturated heterocycles. The van der Waals surface area contributed by atoms with Gasteiger partial charge in [-0.3, -0.25) is 9.59 Å². The van der Waals surface area contributed by atoms with Crippen LogP contribution in [-0.2, 0) is 19.6 Å². The number of thiophene rings is 1. The van der Waals surface area contributed by atoms with Gasteiger partial charge in [0.15, 0.2) is 6.61 Å². The first-order valence-electron chi connectivity index (χ1n) is 8.01. The molecular weight excluding hydrogens is 374 g/mol. The van der Waals surface area contributed by atoms with Crippen molar-refractivity contribution in [2.45, 2.75) is 32.1 Å². The first-order valence-corrected chi connectivity index (χ1v) is 10.3. The molecule has 140 valence electrons. The van der Waals surface area contributed by atoms with Gasteiger partial charge in [0.05, 0.1) is 11.3 Å². The van der Waals surface area contributed by atoms with Gasteiger partial charge in [-0.15, -0.1) is 11.3 Å². The maximum absolute atomic E-state index is 12.1. The molecule has 0 aliphatic heterocycles. The van der Waals surface area contributed by atoms with E-state index in [4.69, 9.17) is 4.74 Å².